The third-order valence-corrected chi connectivity index (χ3v) is 1.77. The van der Waals surface area contributed by atoms with Gasteiger partial charge in [0.25, 0.3) is 0 Å². The van der Waals surface area contributed by atoms with Crippen molar-refractivity contribution in [3.8, 4) is 0 Å². The van der Waals surface area contributed by atoms with Crippen LogP contribution >= 0.6 is 11.6 Å². The average molecular weight is 242 g/mol. The number of aromatic amines is 1. The van der Waals surface area contributed by atoms with Gasteiger partial charge in [-0.1, -0.05) is 11.6 Å². The molecule has 84 valence electrons. The van der Waals surface area contributed by atoms with Crippen molar-refractivity contribution in [2.75, 3.05) is 6.61 Å². The van der Waals surface area contributed by atoms with E-state index >= 15 is 0 Å². The molecule has 0 amide bonds. The predicted octanol–water partition coefficient (Wildman–Crippen LogP) is 2.86. The monoisotopic (exact) mass is 241 g/mol. The summed E-state index contributed by atoms with van der Waals surface area (Å²) in [5, 5.41) is -0.259. The Labute approximate surface area is 88.2 Å². The quantitative estimate of drug-likeness (QED) is 0.809. The predicted molar refractivity (Wildman–Crippen MR) is 46.8 cm³/mol. The Kier molecular flexibility index (Phi) is 3.28. The lowest BCUT2D eigenvalue weighted by Gasteiger charge is -2.06. The molecule has 0 bridgehead atoms. The maximum absolute atomic E-state index is 12.4. The van der Waals surface area contributed by atoms with Crippen LogP contribution in [0.4, 0.5) is 13.2 Å². The summed E-state index contributed by atoms with van der Waals surface area (Å²) < 4.78 is 41.6. The van der Waals surface area contributed by atoms with Gasteiger partial charge in [-0.3, -0.25) is 0 Å². The molecule has 0 aliphatic heterocycles. The maximum atomic E-state index is 12.4. The summed E-state index contributed by atoms with van der Waals surface area (Å²) in [6.07, 6.45) is -4.63. The van der Waals surface area contributed by atoms with Crippen LogP contribution in [0.5, 0.6) is 0 Å². The summed E-state index contributed by atoms with van der Waals surface area (Å²) >= 11 is 5.35. The van der Waals surface area contributed by atoms with Crippen molar-refractivity contribution in [2.24, 2.45) is 0 Å². The highest BCUT2D eigenvalue weighted by Gasteiger charge is 2.37. The molecule has 0 saturated carbocycles. The van der Waals surface area contributed by atoms with Gasteiger partial charge in [-0.15, -0.1) is 0 Å². The van der Waals surface area contributed by atoms with E-state index in [1.165, 1.54) is 6.92 Å². The summed E-state index contributed by atoms with van der Waals surface area (Å²) in [5.74, 6) is -1.07. The molecule has 0 atom stereocenters. The van der Waals surface area contributed by atoms with Gasteiger partial charge in [-0.05, 0) is 13.0 Å². The number of H-pyrrole nitrogens is 1. The summed E-state index contributed by atoms with van der Waals surface area (Å²) in [6, 6.07) is 0.647. The molecule has 0 radical (unpaired) electrons. The normalized spacial score (nSPS) is 11.5. The lowest BCUT2D eigenvalue weighted by Crippen LogP contribution is -2.13. The Balaban J connectivity index is 3.12. The van der Waals surface area contributed by atoms with Gasteiger partial charge < -0.3 is 9.72 Å². The van der Waals surface area contributed by atoms with Crippen LogP contribution < -0.4 is 0 Å². The highest BCUT2D eigenvalue weighted by atomic mass is 35.5. The molecule has 0 aromatic carbocycles. The maximum Gasteiger partial charge on any atom is 0.418 e. The fourth-order valence-corrected chi connectivity index (χ4v) is 1.21. The molecule has 1 aromatic rings. The number of nitrogens with one attached hydrogen (secondary N) is 1. The first-order valence-corrected chi connectivity index (χ1v) is 4.37. The van der Waals surface area contributed by atoms with E-state index in [4.69, 9.17) is 11.6 Å². The van der Waals surface area contributed by atoms with Gasteiger partial charge in [0.1, 0.15) is 10.8 Å². The molecule has 0 spiro atoms. The molecule has 0 aliphatic rings. The van der Waals surface area contributed by atoms with Gasteiger partial charge in [-0.25, -0.2) is 4.79 Å². The highest BCUT2D eigenvalue weighted by Crippen LogP contribution is 2.34. The van der Waals surface area contributed by atoms with Crippen LogP contribution in [0.25, 0.3) is 0 Å². The van der Waals surface area contributed by atoms with E-state index in [0.717, 1.165) is 0 Å². The van der Waals surface area contributed by atoms with Gasteiger partial charge in [0.05, 0.1) is 12.2 Å². The Morgan fingerprint density at radius 3 is 2.67 bits per heavy atom. The van der Waals surface area contributed by atoms with E-state index in [1.54, 1.807) is 0 Å². The third kappa shape index (κ3) is 2.65. The van der Waals surface area contributed by atoms with Crippen molar-refractivity contribution in [2.45, 2.75) is 13.1 Å². The summed E-state index contributed by atoms with van der Waals surface area (Å²) in [4.78, 5) is 13.2. The Morgan fingerprint density at radius 2 is 2.20 bits per heavy atom. The molecule has 15 heavy (non-hydrogen) atoms. The Hall–Kier alpha value is -1.17. The van der Waals surface area contributed by atoms with Crippen LogP contribution in [-0.2, 0) is 10.9 Å². The average Bonchev–Trinajstić information content (AvgIpc) is 2.47. The summed E-state index contributed by atoms with van der Waals surface area (Å²) in [5.41, 5.74) is -1.79. The van der Waals surface area contributed by atoms with E-state index < -0.39 is 23.4 Å². The molecule has 3 nitrogen and oxygen atoms in total. The summed E-state index contributed by atoms with van der Waals surface area (Å²) in [7, 11) is 0. The zero-order chi connectivity index (χ0) is 11.6. The minimum atomic E-state index is -4.63. The van der Waals surface area contributed by atoms with Gasteiger partial charge in [0, 0.05) is 0 Å². The van der Waals surface area contributed by atoms with Crippen molar-refractivity contribution >= 4 is 17.6 Å². The van der Waals surface area contributed by atoms with E-state index in [0.29, 0.717) is 6.07 Å². The first kappa shape index (κ1) is 11.9. The number of carbonyl (C=O) groups is 1. The second kappa shape index (κ2) is 4.14. The molecule has 1 aromatic heterocycles. The van der Waals surface area contributed by atoms with Gasteiger partial charge in [-0.2, -0.15) is 13.2 Å². The van der Waals surface area contributed by atoms with Crippen molar-refractivity contribution in [3.63, 3.8) is 0 Å². The van der Waals surface area contributed by atoms with Crippen LogP contribution in [0.3, 0.4) is 0 Å². The Bertz CT molecular complexity index is 372. The van der Waals surface area contributed by atoms with E-state index in [-0.39, 0.29) is 11.8 Å². The second-order valence-corrected chi connectivity index (χ2v) is 3.03. The molecule has 7 heteroatoms. The fraction of sp³-hybridized carbons (Fsp3) is 0.375. The number of carbonyl (C=O) groups excluding carboxylic acids is 1. The smallest absolute Gasteiger partial charge is 0.418 e. The minimum absolute atomic E-state index is 0.00717. The number of rotatable bonds is 2. The summed E-state index contributed by atoms with van der Waals surface area (Å²) in [6.45, 7) is 1.49. The highest BCUT2D eigenvalue weighted by molar-refractivity contribution is 6.29. The number of esters is 1. The number of ether oxygens (including phenoxy) is 1. The van der Waals surface area contributed by atoms with Crippen molar-refractivity contribution < 1.29 is 22.7 Å². The molecular weight excluding hydrogens is 235 g/mol. The standard InChI is InChI=1S/C8H7ClF3NO2/c1-2-15-7(14)6-4(8(10,11)12)3-5(9)13-6/h3,13H,2H2,1H3. The van der Waals surface area contributed by atoms with Crippen LogP contribution in [-0.4, -0.2) is 17.6 Å². The number of hydrogen-bond donors (Lipinski definition) is 1. The number of aromatic nitrogens is 1. The fourth-order valence-electron chi connectivity index (χ4n) is 1.01. The molecule has 0 unspecified atom stereocenters. The zero-order valence-corrected chi connectivity index (χ0v) is 8.37. The molecule has 0 aliphatic carbocycles. The van der Waals surface area contributed by atoms with Crippen LogP contribution in [0.15, 0.2) is 6.07 Å². The molecule has 1 N–H and O–H groups in total. The first-order chi connectivity index (χ1) is 6.86. The van der Waals surface area contributed by atoms with Gasteiger partial charge >= 0.3 is 12.1 Å². The lowest BCUT2D eigenvalue weighted by atomic mass is 10.2. The second-order valence-electron chi connectivity index (χ2n) is 2.62. The first-order valence-electron chi connectivity index (χ1n) is 3.99. The van der Waals surface area contributed by atoms with E-state index in [1.807, 2.05) is 0 Å². The van der Waals surface area contributed by atoms with Crippen LogP contribution in [0, 0.1) is 0 Å². The van der Waals surface area contributed by atoms with Crippen LogP contribution in [0.1, 0.15) is 23.0 Å². The molecule has 1 rings (SSSR count). The SMILES string of the molecule is CCOC(=O)c1[nH]c(Cl)cc1C(F)(F)F. The topological polar surface area (TPSA) is 42.1 Å². The van der Waals surface area contributed by atoms with Crippen LogP contribution in [0.2, 0.25) is 5.15 Å². The van der Waals surface area contributed by atoms with Crippen molar-refractivity contribution in [1.82, 2.24) is 4.98 Å². The number of halogens is 4. The number of hydrogen-bond acceptors (Lipinski definition) is 2. The molecule has 0 saturated heterocycles. The molecular formula is C8H7ClF3NO2. The number of alkyl halides is 3. The van der Waals surface area contributed by atoms with Crippen molar-refractivity contribution in [3.05, 3.63) is 22.5 Å². The van der Waals surface area contributed by atoms with Crippen molar-refractivity contribution in [1.29, 1.82) is 0 Å². The van der Waals surface area contributed by atoms with Gasteiger partial charge in [0.2, 0.25) is 0 Å². The largest absolute Gasteiger partial charge is 0.461 e. The van der Waals surface area contributed by atoms with E-state index in [2.05, 4.69) is 9.72 Å². The van der Waals surface area contributed by atoms with E-state index in [9.17, 15) is 18.0 Å². The zero-order valence-electron chi connectivity index (χ0n) is 7.61. The molecule has 1 heterocycles. The third-order valence-electron chi connectivity index (χ3n) is 1.57. The Morgan fingerprint density at radius 1 is 1.60 bits per heavy atom. The lowest BCUT2D eigenvalue weighted by molar-refractivity contribution is -0.138. The molecule has 0 fully saturated rings. The minimum Gasteiger partial charge on any atom is -0.461 e. The van der Waals surface area contributed by atoms with Gasteiger partial charge in [0.15, 0.2) is 0 Å².